The molecule has 2 aromatic carbocycles. The van der Waals surface area contributed by atoms with E-state index in [-0.39, 0.29) is 0 Å². The first-order valence-electron chi connectivity index (χ1n) is 8.63. The molecular formula is C21H20N2O6. The molecule has 0 saturated heterocycles. The normalized spacial score (nSPS) is 11.4. The number of methoxy groups -OCH3 is 1. The highest BCUT2D eigenvalue weighted by molar-refractivity contribution is 5.96. The van der Waals surface area contributed by atoms with Crippen LogP contribution in [-0.4, -0.2) is 37.0 Å². The lowest BCUT2D eigenvalue weighted by Crippen LogP contribution is -2.46. The van der Waals surface area contributed by atoms with Crippen molar-refractivity contribution in [2.75, 3.05) is 7.11 Å². The summed E-state index contributed by atoms with van der Waals surface area (Å²) < 4.78 is 9.59. The van der Waals surface area contributed by atoms with Crippen LogP contribution in [0.5, 0.6) is 0 Å². The predicted octanol–water partition coefficient (Wildman–Crippen LogP) is 1.88. The fourth-order valence-corrected chi connectivity index (χ4v) is 2.16. The van der Waals surface area contributed by atoms with Crippen molar-refractivity contribution >= 4 is 29.8 Å². The van der Waals surface area contributed by atoms with Crippen molar-refractivity contribution < 1.29 is 28.7 Å². The van der Waals surface area contributed by atoms with E-state index < -0.39 is 29.9 Å². The Morgan fingerprint density at radius 1 is 0.897 bits per heavy atom. The van der Waals surface area contributed by atoms with E-state index in [1.807, 2.05) is 0 Å². The van der Waals surface area contributed by atoms with E-state index in [0.717, 1.165) is 6.08 Å². The molecule has 1 atom stereocenters. The molecule has 0 unspecified atom stereocenters. The molecular weight excluding hydrogens is 376 g/mol. The second-order valence-electron chi connectivity index (χ2n) is 5.84. The van der Waals surface area contributed by atoms with E-state index in [9.17, 15) is 19.2 Å². The quantitative estimate of drug-likeness (QED) is 0.438. The minimum atomic E-state index is -1.12. The summed E-state index contributed by atoms with van der Waals surface area (Å²) in [6.07, 6.45) is 1.51. The fraction of sp³-hybridized carbons (Fsp3) is 0.143. The van der Waals surface area contributed by atoms with Crippen LogP contribution in [0.2, 0.25) is 0 Å². The predicted molar refractivity (Wildman–Crippen MR) is 104 cm³/mol. The van der Waals surface area contributed by atoms with Gasteiger partial charge >= 0.3 is 11.9 Å². The van der Waals surface area contributed by atoms with E-state index >= 15 is 0 Å². The summed E-state index contributed by atoms with van der Waals surface area (Å²) in [5, 5.41) is 0. The van der Waals surface area contributed by atoms with Crippen molar-refractivity contribution in [3.05, 3.63) is 77.4 Å². The molecule has 0 aliphatic carbocycles. The summed E-state index contributed by atoms with van der Waals surface area (Å²) >= 11 is 0. The van der Waals surface area contributed by atoms with E-state index in [4.69, 9.17) is 4.74 Å². The summed E-state index contributed by atoms with van der Waals surface area (Å²) in [6, 6.07) is 14.7. The summed E-state index contributed by atoms with van der Waals surface area (Å²) in [4.78, 5) is 47.0. The summed E-state index contributed by atoms with van der Waals surface area (Å²) in [6.45, 7) is 1.38. The largest absolute Gasteiger partial charge is 0.465 e. The van der Waals surface area contributed by atoms with Crippen LogP contribution in [0.15, 0.2) is 60.7 Å². The van der Waals surface area contributed by atoms with Gasteiger partial charge in [-0.15, -0.1) is 0 Å². The lowest BCUT2D eigenvalue weighted by atomic mass is 10.1. The first kappa shape index (κ1) is 21.4. The number of ether oxygens (including phenoxy) is 2. The lowest BCUT2D eigenvalue weighted by Gasteiger charge is -2.13. The second-order valence-corrected chi connectivity index (χ2v) is 5.84. The van der Waals surface area contributed by atoms with Gasteiger partial charge in [0.05, 0.1) is 12.7 Å². The Kier molecular flexibility index (Phi) is 7.67. The average molecular weight is 396 g/mol. The Hall–Kier alpha value is -3.94. The fourth-order valence-electron chi connectivity index (χ4n) is 2.16. The Balaban J connectivity index is 1.81. The smallest absolute Gasteiger partial charge is 0.337 e. The van der Waals surface area contributed by atoms with Gasteiger partial charge in [0, 0.05) is 11.6 Å². The zero-order valence-corrected chi connectivity index (χ0v) is 15.9. The van der Waals surface area contributed by atoms with Crippen LogP contribution in [-0.2, 0) is 19.1 Å². The van der Waals surface area contributed by atoms with Crippen molar-refractivity contribution in [1.82, 2.24) is 10.9 Å². The van der Waals surface area contributed by atoms with Gasteiger partial charge < -0.3 is 9.47 Å². The first-order chi connectivity index (χ1) is 13.9. The van der Waals surface area contributed by atoms with Gasteiger partial charge in [0.15, 0.2) is 6.10 Å². The molecule has 0 heterocycles. The molecule has 0 bridgehead atoms. The van der Waals surface area contributed by atoms with Crippen LogP contribution in [0.4, 0.5) is 0 Å². The van der Waals surface area contributed by atoms with Crippen LogP contribution < -0.4 is 10.9 Å². The monoisotopic (exact) mass is 396 g/mol. The molecule has 8 nitrogen and oxygen atoms in total. The maximum absolute atomic E-state index is 11.9. The van der Waals surface area contributed by atoms with Crippen molar-refractivity contribution in [2.45, 2.75) is 13.0 Å². The molecule has 0 radical (unpaired) electrons. The summed E-state index contributed by atoms with van der Waals surface area (Å²) in [5.41, 5.74) is 5.86. The Morgan fingerprint density at radius 2 is 1.55 bits per heavy atom. The molecule has 0 spiro atoms. The molecule has 2 amide bonds. The van der Waals surface area contributed by atoms with Gasteiger partial charge in [-0.05, 0) is 42.8 Å². The minimum absolute atomic E-state index is 0.374. The second kappa shape index (κ2) is 10.4. The summed E-state index contributed by atoms with van der Waals surface area (Å²) in [5.74, 6) is -2.37. The van der Waals surface area contributed by atoms with Crippen LogP contribution in [0.1, 0.15) is 33.2 Å². The zero-order chi connectivity index (χ0) is 21.2. The standard InChI is InChI=1S/C21H20N2O6/c1-14(19(25)22-23-20(26)16-6-4-3-5-7-16)29-18(24)13-10-15-8-11-17(12-9-15)21(27)28-2/h3-14H,1-2H3,(H,22,25)(H,23,26)/b13-10+/t14-/m0/s1. The lowest BCUT2D eigenvalue weighted by molar-refractivity contribution is -0.150. The van der Waals surface area contributed by atoms with Gasteiger partial charge in [0.25, 0.3) is 11.8 Å². The van der Waals surface area contributed by atoms with Crippen LogP contribution in [0.3, 0.4) is 0 Å². The Labute approximate surface area is 167 Å². The maximum Gasteiger partial charge on any atom is 0.337 e. The number of benzene rings is 2. The highest BCUT2D eigenvalue weighted by Crippen LogP contribution is 2.08. The third-order valence-corrected chi connectivity index (χ3v) is 3.74. The van der Waals surface area contributed by atoms with Crippen molar-refractivity contribution in [3.8, 4) is 0 Å². The van der Waals surface area contributed by atoms with Crippen LogP contribution in [0, 0.1) is 0 Å². The van der Waals surface area contributed by atoms with E-state index in [1.54, 1.807) is 54.6 Å². The number of carbonyl (C=O) groups excluding carboxylic acids is 4. The van der Waals surface area contributed by atoms with Gasteiger partial charge in [0.1, 0.15) is 0 Å². The van der Waals surface area contributed by atoms with E-state index in [0.29, 0.717) is 16.7 Å². The van der Waals surface area contributed by atoms with Gasteiger partial charge in [-0.1, -0.05) is 30.3 Å². The minimum Gasteiger partial charge on any atom is -0.465 e. The number of hydrogen-bond donors (Lipinski definition) is 2. The average Bonchev–Trinajstić information content (AvgIpc) is 2.76. The van der Waals surface area contributed by atoms with Crippen LogP contribution in [0.25, 0.3) is 6.08 Å². The number of amides is 2. The third-order valence-electron chi connectivity index (χ3n) is 3.74. The highest BCUT2D eigenvalue weighted by atomic mass is 16.5. The zero-order valence-electron chi connectivity index (χ0n) is 15.9. The number of carbonyl (C=O) groups is 4. The molecule has 0 fully saturated rings. The molecule has 0 aliphatic rings. The van der Waals surface area contributed by atoms with Crippen molar-refractivity contribution in [3.63, 3.8) is 0 Å². The molecule has 8 heteroatoms. The van der Waals surface area contributed by atoms with E-state index in [1.165, 1.54) is 20.1 Å². The SMILES string of the molecule is COC(=O)c1ccc(/C=C/C(=O)O[C@@H](C)C(=O)NNC(=O)c2ccccc2)cc1. The topological polar surface area (TPSA) is 111 Å². The van der Waals surface area contributed by atoms with Gasteiger partial charge in [-0.2, -0.15) is 0 Å². The van der Waals surface area contributed by atoms with E-state index in [2.05, 4.69) is 15.6 Å². The molecule has 2 N–H and O–H groups in total. The first-order valence-corrected chi connectivity index (χ1v) is 8.63. The van der Waals surface area contributed by atoms with Gasteiger partial charge in [0.2, 0.25) is 0 Å². The summed E-state index contributed by atoms with van der Waals surface area (Å²) in [7, 11) is 1.29. The number of rotatable bonds is 6. The van der Waals surface area contributed by atoms with Crippen molar-refractivity contribution in [1.29, 1.82) is 0 Å². The molecule has 2 rings (SSSR count). The van der Waals surface area contributed by atoms with Gasteiger partial charge in [-0.3, -0.25) is 20.4 Å². The molecule has 0 aromatic heterocycles. The number of hydrogen-bond acceptors (Lipinski definition) is 6. The number of esters is 2. The number of hydrazine groups is 1. The molecule has 0 aliphatic heterocycles. The molecule has 150 valence electrons. The number of nitrogens with one attached hydrogen (secondary N) is 2. The molecule has 2 aromatic rings. The van der Waals surface area contributed by atoms with Gasteiger partial charge in [-0.25, -0.2) is 9.59 Å². The molecule has 29 heavy (non-hydrogen) atoms. The Bertz CT molecular complexity index is 907. The van der Waals surface area contributed by atoms with Crippen molar-refractivity contribution in [2.24, 2.45) is 0 Å². The third kappa shape index (κ3) is 6.62. The Morgan fingerprint density at radius 3 is 2.17 bits per heavy atom. The van der Waals surface area contributed by atoms with Crippen LogP contribution >= 0.6 is 0 Å². The highest BCUT2D eigenvalue weighted by Gasteiger charge is 2.17. The maximum atomic E-state index is 11.9. The molecule has 0 saturated carbocycles.